The first-order chi connectivity index (χ1) is 24.2. The zero-order valence-corrected chi connectivity index (χ0v) is 32.6. The van der Waals surface area contributed by atoms with E-state index in [1.54, 1.807) is 5.56 Å². The van der Waals surface area contributed by atoms with Crippen LogP contribution in [0.4, 0.5) is 28.4 Å². The van der Waals surface area contributed by atoms with E-state index in [0.29, 0.717) is 0 Å². The van der Waals surface area contributed by atoms with E-state index in [1.165, 1.54) is 107 Å². The van der Waals surface area contributed by atoms with Gasteiger partial charge in [0.2, 0.25) is 0 Å². The molecule has 4 heterocycles. The number of anilines is 5. The molecule has 0 N–H and O–H groups in total. The summed E-state index contributed by atoms with van der Waals surface area (Å²) in [4.78, 5) is 5.53. The van der Waals surface area contributed by atoms with Crippen molar-refractivity contribution < 1.29 is 0 Å². The van der Waals surface area contributed by atoms with Crippen molar-refractivity contribution in [3.05, 3.63) is 107 Å². The topological polar surface area (TPSA) is 6.48 Å². The molecule has 6 aromatic rings. The lowest BCUT2D eigenvalue weighted by Gasteiger charge is -2.53. The number of rotatable bonds is 1. The molecule has 2 atom stereocenters. The van der Waals surface area contributed by atoms with E-state index in [9.17, 15) is 0 Å². The summed E-state index contributed by atoms with van der Waals surface area (Å²) in [5.41, 5.74) is 17.3. The van der Waals surface area contributed by atoms with Crippen molar-refractivity contribution in [1.82, 2.24) is 0 Å². The monoisotopic (exact) mass is 684 g/mol. The second-order valence-electron chi connectivity index (χ2n) is 18.6. The Hall–Kier alpha value is -4.02. The van der Waals surface area contributed by atoms with Crippen LogP contribution in [0.25, 0.3) is 20.2 Å². The third-order valence-corrected chi connectivity index (χ3v) is 14.7. The van der Waals surface area contributed by atoms with Crippen molar-refractivity contribution in [1.29, 1.82) is 0 Å². The van der Waals surface area contributed by atoms with E-state index in [-0.39, 0.29) is 28.5 Å². The quantitative estimate of drug-likeness (QED) is 0.159. The minimum atomic E-state index is 0.0123. The summed E-state index contributed by atoms with van der Waals surface area (Å²) in [5.74, 6) is 0. The van der Waals surface area contributed by atoms with Gasteiger partial charge in [0.15, 0.2) is 0 Å². The fourth-order valence-electron chi connectivity index (χ4n) is 10.6. The normalized spacial score (nSPS) is 21.9. The number of aryl methyl sites for hydroxylation is 1. The summed E-state index contributed by atoms with van der Waals surface area (Å²) >= 11 is 1.93. The average Bonchev–Trinajstić information content (AvgIpc) is 3.56. The molecule has 0 amide bonds. The molecule has 3 aliphatic heterocycles. The van der Waals surface area contributed by atoms with Gasteiger partial charge in [-0.05, 0) is 113 Å². The number of fused-ring (bicyclic) bond motifs is 11. The molecule has 5 aromatic carbocycles. The molecule has 2 nitrogen and oxygen atoms in total. The highest BCUT2D eigenvalue weighted by atomic mass is 32.1. The Balaban J connectivity index is 1.37. The largest absolute Gasteiger partial charge is 0.335 e. The van der Waals surface area contributed by atoms with E-state index in [2.05, 4.69) is 157 Å². The third-order valence-electron chi connectivity index (χ3n) is 13.5. The molecule has 51 heavy (non-hydrogen) atoms. The first kappa shape index (κ1) is 31.7. The van der Waals surface area contributed by atoms with Crippen molar-refractivity contribution in [2.45, 2.75) is 110 Å². The molecule has 4 heteroatoms. The highest BCUT2D eigenvalue weighted by Crippen LogP contribution is 2.62. The van der Waals surface area contributed by atoms with Gasteiger partial charge in [-0.1, -0.05) is 110 Å². The summed E-state index contributed by atoms with van der Waals surface area (Å²) in [6.45, 7) is 21.8. The zero-order chi connectivity index (χ0) is 35.4. The van der Waals surface area contributed by atoms with Crippen LogP contribution in [-0.2, 0) is 16.2 Å². The van der Waals surface area contributed by atoms with Gasteiger partial charge in [-0.15, -0.1) is 11.3 Å². The Labute approximate surface area is 308 Å². The average molecular weight is 685 g/mol. The summed E-state index contributed by atoms with van der Waals surface area (Å²) in [6, 6.07) is 33.8. The minimum Gasteiger partial charge on any atom is -0.335 e. The molecule has 0 bridgehead atoms. The summed E-state index contributed by atoms with van der Waals surface area (Å²) in [7, 11) is 0. The molecule has 1 fully saturated rings. The first-order valence-corrected chi connectivity index (χ1v) is 20.0. The smallest absolute Gasteiger partial charge is 0.252 e. The molecular formula is C47H49BN2S. The van der Waals surface area contributed by atoms with Crippen LogP contribution in [0.2, 0.25) is 0 Å². The van der Waals surface area contributed by atoms with Crippen LogP contribution in [0, 0.1) is 6.92 Å². The van der Waals surface area contributed by atoms with Crippen LogP contribution in [0.15, 0.2) is 84.9 Å². The standard InChI is InChI=1S/C47H49BN2S/c1-28-24-36-41-37(25-28)50-42-33(46(8)22-12-13-23-47(46,50)9)26-30(45(5,6)7)27-35(42)48(41)34-20-21-39-40(32-14-10-11-15-38(32)51-39)43(34)49(36)31-18-16-29(17-19-31)44(2,3)4/h10-11,14-21,24-27H,12-13,22-23H2,1-9H3. The van der Waals surface area contributed by atoms with Gasteiger partial charge in [0.1, 0.15) is 0 Å². The van der Waals surface area contributed by atoms with Gasteiger partial charge in [-0.2, -0.15) is 0 Å². The van der Waals surface area contributed by atoms with Gasteiger partial charge >= 0.3 is 0 Å². The number of hydrogen-bond donors (Lipinski definition) is 0. The Morgan fingerprint density at radius 1 is 0.686 bits per heavy atom. The van der Waals surface area contributed by atoms with Gasteiger partial charge in [0, 0.05) is 48.3 Å². The van der Waals surface area contributed by atoms with E-state index >= 15 is 0 Å². The van der Waals surface area contributed by atoms with Gasteiger partial charge in [-0.25, -0.2) is 0 Å². The van der Waals surface area contributed by atoms with Crippen LogP contribution in [-0.4, -0.2) is 12.3 Å². The molecule has 1 aliphatic carbocycles. The lowest BCUT2D eigenvalue weighted by molar-refractivity contribution is 0.195. The van der Waals surface area contributed by atoms with Crippen molar-refractivity contribution in [3.63, 3.8) is 0 Å². The zero-order valence-electron chi connectivity index (χ0n) is 31.8. The molecule has 1 aromatic heterocycles. The maximum absolute atomic E-state index is 2.87. The van der Waals surface area contributed by atoms with Crippen molar-refractivity contribution in [3.8, 4) is 0 Å². The van der Waals surface area contributed by atoms with Gasteiger partial charge in [-0.3, -0.25) is 0 Å². The summed E-state index contributed by atoms with van der Waals surface area (Å²) in [5, 5.41) is 2.75. The van der Waals surface area contributed by atoms with Gasteiger partial charge < -0.3 is 9.80 Å². The van der Waals surface area contributed by atoms with Gasteiger partial charge in [0.25, 0.3) is 6.71 Å². The fraction of sp³-hybridized carbons (Fsp3) is 0.362. The first-order valence-electron chi connectivity index (χ1n) is 19.2. The number of benzene rings is 5. The highest BCUT2D eigenvalue weighted by Gasteiger charge is 2.61. The van der Waals surface area contributed by atoms with E-state index in [0.717, 1.165) is 0 Å². The highest BCUT2D eigenvalue weighted by molar-refractivity contribution is 7.26. The van der Waals surface area contributed by atoms with E-state index in [4.69, 9.17) is 0 Å². The van der Waals surface area contributed by atoms with Crippen LogP contribution < -0.4 is 26.2 Å². The second kappa shape index (κ2) is 10.1. The van der Waals surface area contributed by atoms with Crippen molar-refractivity contribution in [2.24, 2.45) is 0 Å². The maximum atomic E-state index is 2.87. The van der Waals surface area contributed by atoms with E-state index < -0.39 is 0 Å². The maximum Gasteiger partial charge on any atom is 0.252 e. The molecule has 0 spiro atoms. The molecular weight excluding hydrogens is 635 g/mol. The molecule has 0 radical (unpaired) electrons. The molecule has 256 valence electrons. The lowest BCUT2D eigenvalue weighted by atomic mass is 9.33. The SMILES string of the molecule is Cc1cc2c3c(c1)N1c4c(cc(C(C)(C)C)cc4C4(C)CCCCC14C)B3c1ccc3sc4ccccc4c3c1N2c1ccc(C(C)(C)C)cc1. The molecule has 1 saturated carbocycles. The number of nitrogens with zero attached hydrogens (tertiary/aromatic N) is 2. The minimum absolute atomic E-state index is 0.0123. The Morgan fingerprint density at radius 2 is 1.39 bits per heavy atom. The summed E-state index contributed by atoms with van der Waals surface area (Å²) in [6.07, 6.45) is 5.04. The van der Waals surface area contributed by atoms with E-state index in [1.807, 2.05) is 11.3 Å². The molecule has 0 saturated heterocycles. The second-order valence-corrected chi connectivity index (χ2v) is 19.7. The van der Waals surface area contributed by atoms with Crippen molar-refractivity contribution in [2.75, 3.05) is 9.80 Å². The predicted molar refractivity (Wildman–Crippen MR) is 224 cm³/mol. The molecule has 10 rings (SSSR count). The lowest BCUT2D eigenvalue weighted by Crippen LogP contribution is -2.64. The molecule has 2 unspecified atom stereocenters. The van der Waals surface area contributed by atoms with Crippen LogP contribution in [0.5, 0.6) is 0 Å². The van der Waals surface area contributed by atoms with Crippen LogP contribution >= 0.6 is 11.3 Å². The number of thiophene rings is 1. The summed E-state index contributed by atoms with van der Waals surface area (Å²) < 4.78 is 2.72. The van der Waals surface area contributed by atoms with Crippen LogP contribution in [0.1, 0.15) is 103 Å². The van der Waals surface area contributed by atoms with Crippen molar-refractivity contribution >= 4 is 83.0 Å². The predicted octanol–water partition coefficient (Wildman–Crippen LogP) is 11.3. The van der Waals surface area contributed by atoms with Gasteiger partial charge in [0.05, 0.1) is 11.2 Å². The van der Waals surface area contributed by atoms with Crippen LogP contribution in [0.3, 0.4) is 0 Å². The third kappa shape index (κ3) is 4.06. The fourth-order valence-corrected chi connectivity index (χ4v) is 11.7. The Morgan fingerprint density at radius 3 is 2.14 bits per heavy atom. The Kier molecular flexibility index (Phi) is 6.28. The number of hydrogen-bond acceptors (Lipinski definition) is 3. The molecule has 4 aliphatic rings. The Bertz CT molecular complexity index is 2460.